The van der Waals surface area contributed by atoms with Gasteiger partial charge in [-0.1, -0.05) is 11.6 Å². The molecule has 1 N–H and O–H groups in total. The van der Waals surface area contributed by atoms with E-state index < -0.39 is 5.82 Å². The number of halogens is 3. The average molecular weight is 304 g/mol. The van der Waals surface area contributed by atoms with Crippen LogP contribution >= 0.6 is 23.2 Å². The summed E-state index contributed by atoms with van der Waals surface area (Å²) in [6, 6.07) is 2.73. The number of alkyl halides is 1. The number of aromatic nitrogens is 2. The highest BCUT2D eigenvalue weighted by Gasteiger charge is 2.15. The molecule has 1 aromatic carbocycles. The van der Waals surface area contributed by atoms with E-state index in [0.29, 0.717) is 29.2 Å². The van der Waals surface area contributed by atoms with Crippen LogP contribution in [-0.2, 0) is 17.8 Å². The van der Waals surface area contributed by atoms with E-state index >= 15 is 0 Å². The number of carbonyl (C=O) groups is 1. The number of hydrogen-bond acceptors (Lipinski definition) is 2. The number of hydrogen-bond donors (Lipinski definition) is 1. The lowest BCUT2D eigenvalue weighted by molar-refractivity contribution is -0.121. The second kappa shape index (κ2) is 5.75. The van der Waals surface area contributed by atoms with Gasteiger partial charge in [0.1, 0.15) is 18.2 Å². The summed E-state index contributed by atoms with van der Waals surface area (Å²) in [5, 5.41) is 2.54. The van der Waals surface area contributed by atoms with E-state index in [1.807, 2.05) is 0 Å². The SMILES string of the molecule is CNC(=O)Cn1c(CCCl)nc2cc(F)c(Cl)cc21. The molecule has 0 unspecified atom stereocenters. The number of benzene rings is 1. The van der Waals surface area contributed by atoms with E-state index in [1.54, 1.807) is 11.6 Å². The first kappa shape index (κ1) is 14.1. The molecule has 0 fully saturated rings. The highest BCUT2D eigenvalue weighted by atomic mass is 35.5. The zero-order chi connectivity index (χ0) is 14.0. The lowest BCUT2D eigenvalue weighted by Gasteiger charge is -2.07. The third-order valence-corrected chi connectivity index (χ3v) is 3.25. The summed E-state index contributed by atoms with van der Waals surface area (Å²) < 4.78 is 15.1. The van der Waals surface area contributed by atoms with Gasteiger partial charge < -0.3 is 9.88 Å². The first-order valence-corrected chi connectivity index (χ1v) is 6.58. The fraction of sp³-hybridized carbons (Fsp3) is 0.333. The molecule has 0 saturated carbocycles. The van der Waals surface area contributed by atoms with Crippen LogP contribution in [-0.4, -0.2) is 28.4 Å². The van der Waals surface area contributed by atoms with Gasteiger partial charge in [0.05, 0.1) is 16.1 Å². The lowest BCUT2D eigenvalue weighted by atomic mass is 10.3. The number of nitrogens with one attached hydrogen (secondary N) is 1. The Kier molecular flexibility index (Phi) is 4.27. The number of fused-ring (bicyclic) bond motifs is 1. The van der Waals surface area contributed by atoms with Crippen molar-refractivity contribution in [3.8, 4) is 0 Å². The van der Waals surface area contributed by atoms with Crippen molar-refractivity contribution in [2.75, 3.05) is 12.9 Å². The maximum Gasteiger partial charge on any atom is 0.239 e. The summed E-state index contributed by atoms with van der Waals surface area (Å²) >= 11 is 11.5. The first-order chi connectivity index (χ1) is 9.06. The predicted molar refractivity (Wildman–Crippen MR) is 73.2 cm³/mol. The molecule has 1 heterocycles. The first-order valence-electron chi connectivity index (χ1n) is 5.67. The molecule has 0 bridgehead atoms. The van der Waals surface area contributed by atoms with Crippen molar-refractivity contribution in [2.45, 2.75) is 13.0 Å². The quantitative estimate of drug-likeness (QED) is 0.882. The molecule has 0 radical (unpaired) electrons. The van der Waals surface area contributed by atoms with Gasteiger partial charge in [0.15, 0.2) is 0 Å². The Labute approximate surface area is 119 Å². The third-order valence-electron chi connectivity index (χ3n) is 2.77. The van der Waals surface area contributed by atoms with Crippen molar-refractivity contribution in [2.24, 2.45) is 0 Å². The average Bonchev–Trinajstić information content (AvgIpc) is 2.68. The summed E-state index contributed by atoms with van der Waals surface area (Å²) in [5.74, 6) is 0.301. The molecule has 0 aliphatic heterocycles. The van der Waals surface area contributed by atoms with Crippen LogP contribution < -0.4 is 5.32 Å². The van der Waals surface area contributed by atoms with Gasteiger partial charge in [0.2, 0.25) is 5.91 Å². The van der Waals surface area contributed by atoms with Crippen molar-refractivity contribution in [1.82, 2.24) is 14.9 Å². The van der Waals surface area contributed by atoms with Gasteiger partial charge in [-0.25, -0.2) is 9.37 Å². The summed E-state index contributed by atoms with van der Waals surface area (Å²) in [5.41, 5.74) is 1.08. The molecule has 0 atom stereocenters. The molecule has 2 rings (SSSR count). The van der Waals surface area contributed by atoms with Gasteiger partial charge in [-0.05, 0) is 6.07 Å². The van der Waals surface area contributed by atoms with Gasteiger partial charge in [-0.3, -0.25) is 4.79 Å². The topological polar surface area (TPSA) is 46.9 Å². The van der Waals surface area contributed by atoms with Crippen LogP contribution in [0.5, 0.6) is 0 Å². The third kappa shape index (κ3) is 2.82. The summed E-state index contributed by atoms with van der Waals surface area (Å²) in [7, 11) is 1.55. The molecule has 2 aromatic rings. The van der Waals surface area contributed by atoms with Crippen LogP contribution in [0.1, 0.15) is 5.82 Å². The Hall–Kier alpha value is -1.33. The van der Waals surface area contributed by atoms with Crippen LogP contribution in [0, 0.1) is 5.82 Å². The Bertz CT molecular complexity index is 627. The summed E-state index contributed by atoms with van der Waals surface area (Å²) in [6.45, 7) is 0.0984. The van der Waals surface area contributed by atoms with Gasteiger partial charge in [0, 0.05) is 25.4 Å². The number of carbonyl (C=O) groups excluding carboxylic acids is 1. The van der Waals surface area contributed by atoms with E-state index in [4.69, 9.17) is 23.2 Å². The number of likely N-dealkylation sites (N-methyl/N-ethyl adjacent to an activating group) is 1. The predicted octanol–water partition coefficient (Wildman–Crippen LogP) is 2.36. The number of aryl methyl sites for hydroxylation is 1. The van der Waals surface area contributed by atoms with Crippen molar-refractivity contribution in [3.05, 3.63) is 28.8 Å². The Balaban J connectivity index is 2.58. The lowest BCUT2D eigenvalue weighted by Crippen LogP contribution is -2.24. The van der Waals surface area contributed by atoms with Crippen molar-refractivity contribution in [3.63, 3.8) is 0 Å². The van der Waals surface area contributed by atoms with Crippen LogP contribution in [0.4, 0.5) is 4.39 Å². The molecule has 1 amide bonds. The molecule has 0 saturated heterocycles. The maximum atomic E-state index is 13.4. The number of nitrogens with zero attached hydrogens (tertiary/aromatic N) is 2. The Morgan fingerprint density at radius 1 is 1.53 bits per heavy atom. The number of rotatable bonds is 4. The molecular formula is C12H12Cl2FN3O. The molecule has 0 spiro atoms. The molecule has 102 valence electrons. The normalized spacial score (nSPS) is 10.9. The van der Waals surface area contributed by atoms with Crippen LogP contribution in [0.2, 0.25) is 5.02 Å². The second-order valence-corrected chi connectivity index (χ2v) is 4.77. The smallest absolute Gasteiger partial charge is 0.239 e. The highest BCUT2D eigenvalue weighted by Crippen LogP contribution is 2.24. The standard InChI is InChI=1S/C12H12Cl2FN3O/c1-16-12(19)6-18-10-4-7(14)8(15)5-9(10)17-11(18)2-3-13/h4-5H,2-3,6H2,1H3,(H,16,19). The van der Waals surface area contributed by atoms with E-state index in [9.17, 15) is 9.18 Å². The van der Waals surface area contributed by atoms with Crippen LogP contribution in [0.3, 0.4) is 0 Å². The molecule has 7 heteroatoms. The van der Waals surface area contributed by atoms with E-state index in [0.717, 1.165) is 0 Å². The highest BCUT2D eigenvalue weighted by molar-refractivity contribution is 6.31. The van der Waals surface area contributed by atoms with Crippen LogP contribution in [0.15, 0.2) is 12.1 Å². The Morgan fingerprint density at radius 2 is 2.26 bits per heavy atom. The summed E-state index contributed by atoms with van der Waals surface area (Å²) in [6.07, 6.45) is 0.493. The minimum absolute atomic E-state index is 0.00276. The van der Waals surface area contributed by atoms with Crippen molar-refractivity contribution < 1.29 is 9.18 Å². The molecule has 4 nitrogen and oxygen atoms in total. The van der Waals surface area contributed by atoms with E-state index in [2.05, 4.69) is 10.3 Å². The minimum atomic E-state index is -0.531. The van der Waals surface area contributed by atoms with Crippen LogP contribution in [0.25, 0.3) is 11.0 Å². The fourth-order valence-corrected chi connectivity index (χ4v) is 2.17. The van der Waals surface area contributed by atoms with Gasteiger partial charge >= 0.3 is 0 Å². The zero-order valence-electron chi connectivity index (χ0n) is 10.2. The van der Waals surface area contributed by atoms with Gasteiger partial charge in [-0.2, -0.15) is 0 Å². The minimum Gasteiger partial charge on any atom is -0.358 e. The van der Waals surface area contributed by atoms with E-state index in [1.165, 1.54) is 12.1 Å². The number of imidazole rings is 1. The van der Waals surface area contributed by atoms with Gasteiger partial charge in [-0.15, -0.1) is 11.6 Å². The van der Waals surface area contributed by atoms with Gasteiger partial charge in [0.25, 0.3) is 0 Å². The van der Waals surface area contributed by atoms with Crippen molar-refractivity contribution >= 4 is 40.1 Å². The van der Waals surface area contributed by atoms with E-state index in [-0.39, 0.29) is 17.5 Å². The summed E-state index contributed by atoms with van der Waals surface area (Å²) in [4.78, 5) is 15.8. The molecule has 0 aliphatic rings. The molecule has 0 aliphatic carbocycles. The van der Waals surface area contributed by atoms with Crippen molar-refractivity contribution in [1.29, 1.82) is 0 Å². The number of amides is 1. The maximum absolute atomic E-state index is 13.4. The fourth-order valence-electron chi connectivity index (χ4n) is 1.84. The molecule has 19 heavy (non-hydrogen) atoms. The zero-order valence-corrected chi connectivity index (χ0v) is 11.7. The second-order valence-electron chi connectivity index (χ2n) is 3.98. The molecule has 1 aromatic heterocycles. The monoisotopic (exact) mass is 303 g/mol. The Morgan fingerprint density at radius 3 is 2.89 bits per heavy atom. The largest absolute Gasteiger partial charge is 0.358 e. The molecular weight excluding hydrogens is 292 g/mol.